The van der Waals surface area contributed by atoms with Crippen LogP contribution in [-0.2, 0) is 17.8 Å². The van der Waals surface area contributed by atoms with E-state index in [1.807, 2.05) is 66.7 Å². The number of carbonyl (C=O) groups is 2. The SMILES string of the molecule is O=C1S/C(=C\c2ccc(OCc3ccc(I)cc3)cc2)C(=O)N1CCc1ccccc1. The Morgan fingerprint density at radius 1 is 0.871 bits per heavy atom. The predicted molar refractivity (Wildman–Crippen MR) is 133 cm³/mol. The monoisotopic (exact) mass is 541 g/mol. The van der Waals surface area contributed by atoms with Crippen LogP contribution >= 0.6 is 34.4 Å². The molecule has 0 radical (unpaired) electrons. The van der Waals surface area contributed by atoms with E-state index < -0.39 is 0 Å². The molecule has 4 rings (SSSR count). The van der Waals surface area contributed by atoms with Gasteiger partial charge in [-0.1, -0.05) is 54.6 Å². The van der Waals surface area contributed by atoms with E-state index >= 15 is 0 Å². The molecule has 0 saturated carbocycles. The summed E-state index contributed by atoms with van der Waals surface area (Å²) in [5.41, 5.74) is 3.06. The molecule has 1 fully saturated rings. The molecule has 2 amide bonds. The third-order valence-corrected chi connectivity index (χ3v) is 6.46. The highest BCUT2D eigenvalue weighted by Crippen LogP contribution is 2.32. The van der Waals surface area contributed by atoms with Crippen molar-refractivity contribution >= 4 is 51.6 Å². The van der Waals surface area contributed by atoms with Gasteiger partial charge in [-0.25, -0.2) is 0 Å². The molecular weight excluding hydrogens is 521 g/mol. The quantitative estimate of drug-likeness (QED) is 0.266. The molecule has 1 aliphatic rings. The smallest absolute Gasteiger partial charge is 0.293 e. The van der Waals surface area contributed by atoms with Gasteiger partial charge in [-0.05, 0) is 87.8 Å². The van der Waals surface area contributed by atoms with Gasteiger partial charge in [0.25, 0.3) is 11.1 Å². The molecule has 6 heteroatoms. The molecule has 0 bridgehead atoms. The van der Waals surface area contributed by atoms with Crippen molar-refractivity contribution in [3.63, 3.8) is 0 Å². The largest absolute Gasteiger partial charge is 0.489 e. The van der Waals surface area contributed by atoms with Gasteiger partial charge in [-0.15, -0.1) is 0 Å². The molecule has 0 unspecified atom stereocenters. The van der Waals surface area contributed by atoms with Crippen LogP contribution in [0, 0.1) is 3.57 Å². The summed E-state index contributed by atoms with van der Waals surface area (Å²) in [6, 6.07) is 25.6. The number of amides is 2. The fourth-order valence-electron chi connectivity index (χ4n) is 3.14. The van der Waals surface area contributed by atoms with Crippen molar-refractivity contribution in [3.8, 4) is 5.75 Å². The van der Waals surface area contributed by atoms with E-state index in [1.54, 1.807) is 6.08 Å². The molecule has 0 spiro atoms. The van der Waals surface area contributed by atoms with Crippen molar-refractivity contribution in [1.29, 1.82) is 0 Å². The summed E-state index contributed by atoms with van der Waals surface area (Å²) in [7, 11) is 0. The Morgan fingerprint density at radius 3 is 2.29 bits per heavy atom. The van der Waals surface area contributed by atoms with E-state index in [9.17, 15) is 9.59 Å². The number of thioether (sulfide) groups is 1. The first-order valence-electron chi connectivity index (χ1n) is 9.85. The minimum Gasteiger partial charge on any atom is -0.489 e. The Morgan fingerprint density at radius 2 is 1.58 bits per heavy atom. The van der Waals surface area contributed by atoms with E-state index in [-0.39, 0.29) is 11.1 Å². The van der Waals surface area contributed by atoms with Gasteiger partial charge in [-0.3, -0.25) is 14.5 Å². The predicted octanol–water partition coefficient (Wildman–Crippen LogP) is 6.15. The summed E-state index contributed by atoms with van der Waals surface area (Å²) < 4.78 is 7.02. The Bertz CT molecular complexity index is 1100. The van der Waals surface area contributed by atoms with Crippen molar-refractivity contribution in [2.45, 2.75) is 13.0 Å². The first kappa shape index (κ1) is 21.6. The van der Waals surface area contributed by atoms with E-state index in [2.05, 4.69) is 34.7 Å². The number of ether oxygens (including phenoxy) is 1. The first-order valence-corrected chi connectivity index (χ1v) is 11.7. The summed E-state index contributed by atoms with van der Waals surface area (Å²) in [4.78, 5) is 26.8. The van der Waals surface area contributed by atoms with Crippen LogP contribution in [0.5, 0.6) is 5.75 Å². The van der Waals surface area contributed by atoms with Gasteiger partial charge in [0.05, 0.1) is 4.91 Å². The summed E-state index contributed by atoms with van der Waals surface area (Å²) in [6.07, 6.45) is 2.41. The van der Waals surface area contributed by atoms with Crippen LogP contribution in [0.25, 0.3) is 6.08 Å². The van der Waals surface area contributed by atoms with E-state index in [0.29, 0.717) is 24.5 Å². The fraction of sp³-hybridized carbons (Fsp3) is 0.120. The molecule has 4 nitrogen and oxygen atoms in total. The lowest BCUT2D eigenvalue weighted by Gasteiger charge is -2.12. The molecule has 1 heterocycles. The number of halogens is 1. The highest BCUT2D eigenvalue weighted by molar-refractivity contribution is 14.1. The summed E-state index contributed by atoms with van der Waals surface area (Å²) in [6.45, 7) is 0.883. The van der Waals surface area contributed by atoms with Crippen LogP contribution in [0.3, 0.4) is 0 Å². The lowest BCUT2D eigenvalue weighted by molar-refractivity contribution is -0.122. The van der Waals surface area contributed by atoms with E-state index in [1.165, 1.54) is 8.47 Å². The standard InChI is InChI=1S/C25H20INO3S/c26-21-10-6-20(7-11-21)17-30-22-12-8-19(9-13-22)16-23-24(28)27(25(29)31-23)15-14-18-4-2-1-3-5-18/h1-13,16H,14-15,17H2/b23-16-. The number of benzene rings is 3. The minimum absolute atomic E-state index is 0.218. The molecule has 0 atom stereocenters. The van der Waals surface area contributed by atoms with Crippen LogP contribution in [-0.4, -0.2) is 22.6 Å². The molecule has 0 aliphatic carbocycles. The topological polar surface area (TPSA) is 46.6 Å². The zero-order valence-corrected chi connectivity index (χ0v) is 19.6. The average Bonchev–Trinajstić information content (AvgIpc) is 3.06. The van der Waals surface area contributed by atoms with E-state index in [4.69, 9.17) is 4.74 Å². The number of nitrogens with zero attached hydrogens (tertiary/aromatic N) is 1. The molecule has 1 saturated heterocycles. The maximum absolute atomic E-state index is 12.7. The number of carbonyl (C=O) groups excluding carboxylic acids is 2. The second kappa shape index (κ2) is 10.2. The van der Waals surface area contributed by atoms with Crippen LogP contribution < -0.4 is 4.74 Å². The minimum atomic E-state index is -0.232. The summed E-state index contributed by atoms with van der Waals surface area (Å²) in [5.74, 6) is 0.525. The Hall–Kier alpha value is -2.58. The fourth-order valence-corrected chi connectivity index (χ4v) is 4.36. The third-order valence-electron chi connectivity index (χ3n) is 4.84. The van der Waals surface area contributed by atoms with Gasteiger partial charge < -0.3 is 4.74 Å². The Kier molecular flexibility index (Phi) is 7.09. The molecule has 3 aromatic carbocycles. The molecule has 0 aromatic heterocycles. The molecule has 156 valence electrons. The van der Waals surface area contributed by atoms with E-state index in [0.717, 1.165) is 34.2 Å². The van der Waals surface area contributed by atoms with Gasteiger partial charge in [0, 0.05) is 10.1 Å². The Labute approximate surface area is 199 Å². The second-order valence-corrected chi connectivity index (χ2v) is 9.29. The molecular formula is C25H20INO3S. The number of hydrogen-bond acceptors (Lipinski definition) is 4. The Balaban J connectivity index is 1.36. The molecule has 1 aliphatic heterocycles. The lowest BCUT2D eigenvalue weighted by Crippen LogP contribution is -2.30. The molecule has 0 N–H and O–H groups in total. The first-order chi connectivity index (χ1) is 15.1. The van der Waals surface area contributed by atoms with Crippen molar-refractivity contribution < 1.29 is 14.3 Å². The summed E-state index contributed by atoms with van der Waals surface area (Å²) in [5, 5.41) is -0.218. The number of rotatable bonds is 7. The van der Waals surface area contributed by atoms with Gasteiger partial charge >= 0.3 is 0 Å². The third kappa shape index (κ3) is 5.77. The summed E-state index contributed by atoms with van der Waals surface area (Å²) >= 11 is 3.27. The van der Waals surface area contributed by atoms with Gasteiger partial charge in [0.2, 0.25) is 0 Å². The van der Waals surface area contributed by atoms with Crippen molar-refractivity contribution in [2.75, 3.05) is 6.54 Å². The number of hydrogen-bond donors (Lipinski definition) is 0. The second-order valence-electron chi connectivity index (χ2n) is 7.05. The molecule has 3 aromatic rings. The average molecular weight is 541 g/mol. The van der Waals surface area contributed by atoms with Crippen molar-refractivity contribution in [1.82, 2.24) is 4.90 Å². The zero-order chi connectivity index (χ0) is 21.6. The maximum atomic E-state index is 12.7. The number of imide groups is 1. The highest BCUT2D eigenvalue weighted by atomic mass is 127. The maximum Gasteiger partial charge on any atom is 0.293 e. The van der Waals surface area contributed by atoms with Crippen LogP contribution in [0.2, 0.25) is 0 Å². The van der Waals surface area contributed by atoms with Crippen LogP contribution in [0.15, 0.2) is 83.8 Å². The zero-order valence-electron chi connectivity index (χ0n) is 16.7. The van der Waals surface area contributed by atoms with Gasteiger partial charge in [0.15, 0.2) is 0 Å². The van der Waals surface area contributed by atoms with Crippen molar-refractivity contribution in [3.05, 3.63) is 104 Å². The lowest BCUT2D eigenvalue weighted by atomic mass is 10.1. The van der Waals surface area contributed by atoms with Crippen LogP contribution in [0.1, 0.15) is 16.7 Å². The highest BCUT2D eigenvalue weighted by Gasteiger charge is 2.34. The van der Waals surface area contributed by atoms with Gasteiger partial charge in [-0.2, -0.15) is 0 Å². The van der Waals surface area contributed by atoms with Crippen LogP contribution in [0.4, 0.5) is 4.79 Å². The van der Waals surface area contributed by atoms with Crippen molar-refractivity contribution in [2.24, 2.45) is 0 Å². The molecule has 31 heavy (non-hydrogen) atoms. The van der Waals surface area contributed by atoms with Gasteiger partial charge in [0.1, 0.15) is 12.4 Å². The normalized spacial score (nSPS) is 15.0.